The van der Waals surface area contributed by atoms with E-state index in [1.54, 1.807) is 0 Å². The van der Waals surface area contributed by atoms with E-state index in [9.17, 15) is 0 Å². The summed E-state index contributed by atoms with van der Waals surface area (Å²) in [6.07, 6.45) is 0. The van der Waals surface area contributed by atoms with E-state index in [1.807, 2.05) is 7.05 Å². The van der Waals surface area contributed by atoms with Gasteiger partial charge in [-0.3, -0.25) is 0 Å². The summed E-state index contributed by atoms with van der Waals surface area (Å²) in [7, 11) is 1.97. The minimum atomic E-state index is 0.199. The van der Waals surface area contributed by atoms with Crippen molar-refractivity contribution in [2.24, 2.45) is 5.73 Å². The Kier molecular flexibility index (Phi) is 4.53. The number of nitrogens with one attached hydrogen (secondary N) is 1. The van der Waals surface area contributed by atoms with Crippen molar-refractivity contribution in [3.8, 4) is 0 Å². The van der Waals surface area contributed by atoms with Crippen LogP contribution in [0.5, 0.6) is 0 Å². The van der Waals surface area contributed by atoms with Crippen molar-refractivity contribution in [3.05, 3.63) is 69.7 Å². The van der Waals surface area contributed by atoms with Gasteiger partial charge in [-0.2, -0.15) is 0 Å². The second-order valence-corrected chi connectivity index (χ2v) is 5.14. The van der Waals surface area contributed by atoms with E-state index in [1.165, 1.54) is 11.1 Å². The van der Waals surface area contributed by atoms with E-state index < -0.39 is 0 Å². The molecule has 0 saturated carbocycles. The summed E-state index contributed by atoms with van der Waals surface area (Å²) in [5.41, 5.74) is 9.33. The van der Waals surface area contributed by atoms with Crippen LogP contribution >= 0.6 is 15.9 Å². The van der Waals surface area contributed by atoms with Crippen LogP contribution < -0.4 is 11.1 Å². The minimum Gasteiger partial charge on any atom is -0.326 e. The zero-order valence-electron chi connectivity index (χ0n) is 10.4. The maximum Gasteiger partial charge on any atom is 0.0574 e. The molecule has 1 unspecified atom stereocenters. The van der Waals surface area contributed by atoms with E-state index in [4.69, 9.17) is 5.73 Å². The lowest BCUT2D eigenvalue weighted by Gasteiger charge is -2.18. The fourth-order valence-corrected chi connectivity index (χ4v) is 2.34. The molecule has 0 aliphatic carbocycles. The van der Waals surface area contributed by atoms with Crippen LogP contribution in [0.1, 0.15) is 22.7 Å². The molecule has 2 rings (SSSR count). The lowest BCUT2D eigenvalue weighted by atomic mass is 9.97. The largest absolute Gasteiger partial charge is 0.326 e. The molecule has 0 spiro atoms. The molecule has 0 aliphatic heterocycles. The number of halogens is 1. The van der Waals surface area contributed by atoms with Crippen molar-refractivity contribution in [2.45, 2.75) is 12.6 Å². The standard InChI is InChI=1S/C15H17BrN2/c1-18-15(12-5-7-14(16)8-6-12)13-4-2-3-11(9-13)10-17/h2-9,15,18H,10,17H2,1H3. The first-order valence-corrected chi connectivity index (χ1v) is 6.75. The molecule has 0 heterocycles. The van der Waals surface area contributed by atoms with E-state index in [2.05, 4.69) is 69.8 Å². The van der Waals surface area contributed by atoms with Crippen molar-refractivity contribution >= 4 is 15.9 Å². The first-order chi connectivity index (χ1) is 8.74. The molecule has 3 heteroatoms. The van der Waals surface area contributed by atoms with E-state index in [0.29, 0.717) is 6.54 Å². The van der Waals surface area contributed by atoms with Gasteiger partial charge in [-0.05, 0) is 35.9 Å². The lowest BCUT2D eigenvalue weighted by molar-refractivity contribution is 0.690. The average Bonchev–Trinajstić information content (AvgIpc) is 2.42. The normalized spacial score (nSPS) is 12.4. The van der Waals surface area contributed by atoms with Crippen molar-refractivity contribution in [1.82, 2.24) is 5.32 Å². The highest BCUT2D eigenvalue weighted by atomic mass is 79.9. The number of hydrogen-bond acceptors (Lipinski definition) is 2. The van der Waals surface area contributed by atoms with Crippen LogP contribution in [0.15, 0.2) is 53.0 Å². The van der Waals surface area contributed by atoms with Crippen LogP contribution in [0.4, 0.5) is 0 Å². The number of nitrogens with two attached hydrogens (primary N) is 1. The highest BCUT2D eigenvalue weighted by molar-refractivity contribution is 9.10. The molecule has 0 aliphatic rings. The average molecular weight is 305 g/mol. The molecule has 2 aromatic rings. The topological polar surface area (TPSA) is 38.0 Å². The van der Waals surface area contributed by atoms with Gasteiger partial charge in [-0.25, -0.2) is 0 Å². The number of rotatable bonds is 4. The first-order valence-electron chi connectivity index (χ1n) is 5.96. The second kappa shape index (κ2) is 6.14. The van der Waals surface area contributed by atoms with Gasteiger partial charge in [0.05, 0.1) is 6.04 Å². The predicted molar refractivity (Wildman–Crippen MR) is 79.4 cm³/mol. The van der Waals surface area contributed by atoms with Crippen LogP contribution in [0.2, 0.25) is 0 Å². The Balaban J connectivity index is 2.35. The van der Waals surface area contributed by atoms with Gasteiger partial charge in [0, 0.05) is 11.0 Å². The van der Waals surface area contributed by atoms with Crippen LogP contribution in [0, 0.1) is 0 Å². The Morgan fingerprint density at radius 1 is 1.11 bits per heavy atom. The molecule has 0 saturated heterocycles. The van der Waals surface area contributed by atoms with Gasteiger partial charge >= 0.3 is 0 Å². The van der Waals surface area contributed by atoms with Crippen molar-refractivity contribution in [1.29, 1.82) is 0 Å². The Hall–Kier alpha value is -1.16. The molecule has 3 N–H and O–H groups in total. The summed E-state index contributed by atoms with van der Waals surface area (Å²) in [6.45, 7) is 0.574. The summed E-state index contributed by atoms with van der Waals surface area (Å²) >= 11 is 3.46. The lowest BCUT2D eigenvalue weighted by Crippen LogP contribution is -2.17. The zero-order valence-corrected chi connectivity index (χ0v) is 11.9. The summed E-state index contributed by atoms with van der Waals surface area (Å²) in [4.78, 5) is 0. The third-order valence-corrected chi connectivity index (χ3v) is 3.54. The molecular weight excluding hydrogens is 288 g/mol. The summed E-state index contributed by atoms with van der Waals surface area (Å²) in [6, 6.07) is 17.0. The fraction of sp³-hybridized carbons (Fsp3) is 0.200. The van der Waals surface area contributed by atoms with Crippen molar-refractivity contribution < 1.29 is 0 Å². The van der Waals surface area contributed by atoms with Gasteiger partial charge in [0.1, 0.15) is 0 Å². The van der Waals surface area contributed by atoms with E-state index >= 15 is 0 Å². The molecule has 0 radical (unpaired) electrons. The molecule has 2 aromatic carbocycles. The maximum atomic E-state index is 5.69. The molecule has 2 nitrogen and oxygen atoms in total. The molecular formula is C15H17BrN2. The molecule has 0 amide bonds. The van der Waals surface area contributed by atoms with E-state index in [0.717, 1.165) is 10.0 Å². The van der Waals surface area contributed by atoms with Crippen LogP contribution in [-0.4, -0.2) is 7.05 Å². The molecule has 94 valence electrons. The van der Waals surface area contributed by atoms with Gasteiger partial charge < -0.3 is 11.1 Å². The van der Waals surface area contributed by atoms with Crippen LogP contribution in [0.3, 0.4) is 0 Å². The molecule has 1 atom stereocenters. The maximum absolute atomic E-state index is 5.69. The molecule has 0 bridgehead atoms. The number of hydrogen-bond donors (Lipinski definition) is 2. The Bertz CT molecular complexity index is 508. The van der Waals surface area contributed by atoms with Gasteiger partial charge in [0.25, 0.3) is 0 Å². The second-order valence-electron chi connectivity index (χ2n) is 4.22. The predicted octanol–water partition coefficient (Wildman–Crippen LogP) is 3.22. The quantitative estimate of drug-likeness (QED) is 0.910. The fourth-order valence-electron chi connectivity index (χ4n) is 2.08. The molecule has 0 aromatic heterocycles. The van der Waals surface area contributed by atoms with Gasteiger partial charge in [-0.1, -0.05) is 52.3 Å². The third kappa shape index (κ3) is 2.99. The molecule has 0 fully saturated rings. The van der Waals surface area contributed by atoms with Crippen LogP contribution in [0.25, 0.3) is 0 Å². The van der Waals surface area contributed by atoms with Crippen molar-refractivity contribution in [2.75, 3.05) is 7.05 Å². The summed E-state index contributed by atoms with van der Waals surface area (Å²) in [5, 5.41) is 3.35. The zero-order chi connectivity index (χ0) is 13.0. The van der Waals surface area contributed by atoms with E-state index in [-0.39, 0.29) is 6.04 Å². The van der Waals surface area contributed by atoms with Gasteiger partial charge in [-0.15, -0.1) is 0 Å². The number of benzene rings is 2. The van der Waals surface area contributed by atoms with Crippen molar-refractivity contribution in [3.63, 3.8) is 0 Å². The van der Waals surface area contributed by atoms with Gasteiger partial charge in [0.2, 0.25) is 0 Å². The highest BCUT2D eigenvalue weighted by Gasteiger charge is 2.11. The third-order valence-electron chi connectivity index (χ3n) is 3.01. The highest BCUT2D eigenvalue weighted by Crippen LogP contribution is 2.24. The van der Waals surface area contributed by atoms with Gasteiger partial charge in [0.15, 0.2) is 0 Å². The Morgan fingerprint density at radius 3 is 2.44 bits per heavy atom. The summed E-state index contributed by atoms with van der Waals surface area (Å²) < 4.78 is 1.09. The monoisotopic (exact) mass is 304 g/mol. The Labute approximate surface area is 116 Å². The minimum absolute atomic E-state index is 0.199. The summed E-state index contributed by atoms with van der Waals surface area (Å²) in [5.74, 6) is 0. The molecule has 18 heavy (non-hydrogen) atoms. The Morgan fingerprint density at radius 2 is 1.83 bits per heavy atom. The SMILES string of the molecule is CNC(c1ccc(Br)cc1)c1cccc(CN)c1. The first kappa shape index (κ1) is 13.3. The smallest absolute Gasteiger partial charge is 0.0574 e. The van der Waals surface area contributed by atoms with Crippen LogP contribution in [-0.2, 0) is 6.54 Å².